The molecule has 0 bridgehead atoms. The molecule has 0 radical (unpaired) electrons. The van der Waals surface area contributed by atoms with Gasteiger partial charge in [-0.2, -0.15) is 0 Å². The predicted molar refractivity (Wildman–Crippen MR) is 88.6 cm³/mol. The van der Waals surface area contributed by atoms with Gasteiger partial charge in [-0.05, 0) is 30.4 Å². The Bertz CT molecular complexity index is 433. The zero-order valence-electron chi connectivity index (χ0n) is 14.0. The SMILES string of the molecule is CCCNc1ccnc(C(=O)N(CC(C)C)CC(C)C)c1. The fourth-order valence-corrected chi connectivity index (χ4v) is 2.21. The molecule has 0 aromatic carbocycles. The maximum Gasteiger partial charge on any atom is 0.272 e. The van der Waals surface area contributed by atoms with E-state index in [0.29, 0.717) is 17.5 Å². The van der Waals surface area contributed by atoms with Gasteiger partial charge in [0, 0.05) is 31.5 Å². The third-order valence-corrected chi connectivity index (χ3v) is 3.02. The molecular formula is C17H29N3O. The molecule has 1 rings (SSSR count). The van der Waals surface area contributed by atoms with Crippen LogP contribution in [0.5, 0.6) is 0 Å². The second-order valence-corrected chi connectivity index (χ2v) is 6.35. The van der Waals surface area contributed by atoms with Crippen LogP contribution >= 0.6 is 0 Å². The molecule has 0 spiro atoms. The van der Waals surface area contributed by atoms with Crippen LogP contribution in [0.4, 0.5) is 5.69 Å². The number of nitrogens with one attached hydrogen (secondary N) is 1. The lowest BCUT2D eigenvalue weighted by molar-refractivity contribution is 0.0709. The van der Waals surface area contributed by atoms with Crippen molar-refractivity contribution in [1.82, 2.24) is 9.88 Å². The van der Waals surface area contributed by atoms with Crippen LogP contribution in [-0.2, 0) is 0 Å². The van der Waals surface area contributed by atoms with Crippen molar-refractivity contribution in [3.63, 3.8) is 0 Å². The number of hydrogen-bond acceptors (Lipinski definition) is 3. The van der Waals surface area contributed by atoms with Crippen molar-refractivity contribution in [2.24, 2.45) is 11.8 Å². The largest absolute Gasteiger partial charge is 0.385 e. The summed E-state index contributed by atoms with van der Waals surface area (Å²) in [5.41, 5.74) is 1.49. The lowest BCUT2D eigenvalue weighted by Gasteiger charge is -2.26. The summed E-state index contributed by atoms with van der Waals surface area (Å²) in [5, 5.41) is 3.30. The molecule has 1 aromatic heterocycles. The van der Waals surface area contributed by atoms with E-state index in [1.807, 2.05) is 17.0 Å². The summed E-state index contributed by atoms with van der Waals surface area (Å²) in [6, 6.07) is 3.76. The Hall–Kier alpha value is -1.58. The van der Waals surface area contributed by atoms with Crippen LogP contribution in [0.1, 0.15) is 51.5 Å². The van der Waals surface area contributed by atoms with E-state index in [2.05, 4.69) is 44.9 Å². The highest BCUT2D eigenvalue weighted by Crippen LogP contribution is 2.13. The van der Waals surface area contributed by atoms with E-state index in [9.17, 15) is 4.79 Å². The van der Waals surface area contributed by atoms with E-state index in [1.54, 1.807) is 6.20 Å². The van der Waals surface area contributed by atoms with Crippen molar-refractivity contribution in [3.05, 3.63) is 24.0 Å². The van der Waals surface area contributed by atoms with Crippen LogP contribution in [0, 0.1) is 11.8 Å². The van der Waals surface area contributed by atoms with E-state index in [1.165, 1.54) is 0 Å². The third-order valence-electron chi connectivity index (χ3n) is 3.02. The van der Waals surface area contributed by atoms with E-state index in [0.717, 1.165) is 31.7 Å². The first kappa shape index (κ1) is 17.5. The quantitative estimate of drug-likeness (QED) is 0.795. The monoisotopic (exact) mass is 291 g/mol. The Labute approximate surface area is 129 Å². The molecule has 1 N–H and O–H groups in total. The van der Waals surface area contributed by atoms with Gasteiger partial charge < -0.3 is 10.2 Å². The molecule has 0 aliphatic heterocycles. The van der Waals surface area contributed by atoms with Gasteiger partial charge in [-0.1, -0.05) is 34.6 Å². The first-order valence-electron chi connectivity index (χ1n) is 7.93. The van der Waals surface area contributed by atoms with Gasteiger partial charge in [-0.15, -0.1) is 0 Å². The van der Waals surface area contributed by atoms with Gasteiger partial charge in [0.1, 0.15) is 5.69 Å². The summed E-state index contributed by atoms with van der Waals surface area (Å²) in [6.07, 6.45) is 2.76. The van der Waals surface area contributed by atoms with Crippen molar-refractivity contribution in [1.29, 1.82) is 0 Å². The lowest BCUT2D eigenvalue weighted by Crippen LogP contribution is -2.37. The van der Waals surface area contributed by atoms with Gasteiger partial charge in [0.05, 0.1) is 0 Å². The van der Waals surface area contributed by atoms with Crippen molar-refractivity contribution >= 4 is 11.6 Å². The number of aromatic nitrogens is 1. The molecule has 118 valence electrons. The molecule has 0 saturated heterocycles. The molecule has 0 atom stereocenters. The number of carbonyl (C=O) groups is 1. The molecule has 0 fully saturated rings. The Kier molecular flexibility index (Phi) is 7.20. The number of pyridine rings is 1. The van der Waals surface area contributed by atoms with Crippen LogP contribution in [0.3, 0.4) is 0 Å². The molecule has 0 aliphatic carbocycles. The molecule has 0 unspecified atom stereocenters. The van der Waals surface area contributed by atoms with E-state index >= 15 is 0 Å². The number of amides is 1. The molecule has 0 saturated carbocycles. The predicted octanol–water partition coefficient (Wildman–Crippen LogP) is 3.66. The minimum atomic E-state index is 0.0255. The Morgan fingerprint density at radius 1 is 1.24 bits per heavy atom. The first-order valence-corrected chi connectivity index (χ1v) is 7.93. The lowest BCUT2D eigenvalue weighted by atomic mass is 10.1. The fourth-order valence-electron chi connectivity index (χ4n) is 2.21. The Morgan fingerprint density at radius 3 is 2.38 bits per heavy atom. The zero-order chi connectivity index (χ0) is 15.8. The first-order chi connectivity index (χ1) is 9.93. The standard InChI is InChI=1S/C17H29N3O/c1-6-8-18-15-7-9-19-16(10-15)17(21)20(11-13(2)3)12-14(4)5/h7,9-10,13-14H,6,8,11-12H2,1-5H3,(H,18,19). The highest BCUT2D eigenvalue weighted by molar-refractivity contribution is 5.93. The maximum atomic E-state index is 12.7. The van der Waals surface area contributed by atoms with Crippen LogP contribution in [0.2, 0.25) is 0 Å². The topological polar surface area (TPSA) is 45.2 Å². The number of anilines is 1. The van der Waals surface area contributed by atoms with Gasteiger partial charge in [0.25, 0.3) is 5.91 Å². The summed E-state index contributed by atoms with van der Waals surface area (Å²) in [4.78, 5) is 18.8. The molecule has 0 aliphatic rings. The highest BCUT2D eigenvalue weighted by Gasteiger charge is 2.19. The molecule has 1 aromatic rings. The van der Waals surface area contributed by atoms with Crippen molar-refractivity contribution < 1.29 is 4.79 Å². The van der Waals surface area contributed by atoms with Crippen LogP contribution in [0.25, 0.3) is 0 Å². The van der Waals surface area contributed by atoms with Crippen molar-refractivity contribution in [2.45, 2.75) is 41.0 Å². The molecule has 1 heterocycles. The molecular weight excluding hydrogens is 262 g/mol. The average molecular weight is 291 g/mol. The third kappa shape index (κ3) is 6.15. The number of rotatable bonds is 8. The maximum absolute atomic E-state index is 12.7. The van der Waals surface area contributed by atoms with E-state index < -0.39 is 0 Å². The molecule has 4 nitrogen and oxygen atoms in total. The second kappa shape index (κ2) is 8.65. The molecule has 4 heteroatoms. The minimum Gasteiger partial charge on any atom is -0.385 e. The summed E-state index contributed by atoms with van der Waals surface area (Å²) in [6.45, 7) is 13.1. The van der Waals surface area contributed by atoms with Crippen molar-refractivity contribution in [2.75, 3.05) is 25.0 Å². The zero-order valence-corrected chi connectivity index (χ0v) is 14.0. The average Bonchev–Trinajstić information content (AvgIpc) is 2.43. The van der Waals surface area contributed by atoms with Gasteiger partial charge in [-0.3, -0.25) is 9.78 Å². The van der Waals surface area contributed by atoms with Crippen LogP contribution in [0.15, 0.2) is 18.3 Å². The Morgan fingerprint density at radius 2 is 1.86 bits per heavy atom. The summed E-state index contributed by atoms with van der Waals surface area (Å²) >= 11 is 0. The summed E-state index contributed by atoms with van der Waals surface area (Å²) in [5.74, 6) is 0.931. The van der Waals surface area contributed by atoms with Gasteiger partial charge in [0.2, 0.25) is 0 Å². The summed E-state index contributed by atoms with van der Waals surface area (Å²) in [7, 11) is 0. The van der Waals surface area contributed by atoms with E-state index in [-0.39, 0.29) is 5.91 Å². The van der Waals surface area contributed by atoms with Crippen LogP contribution in [-0.4, -0.2) is 35.4 Å². The van der Waals surface area contributed by atoms with Crippen LogP contribution < -0.4 is 5.32 Å². The number of nitrogens with zero attached hydrogens (tertiary/aromatic N) is 2. The summed E-state index contributed by atoms with van der Waals surface area (Å²) < 4.78 is 0. The molecule has 21 heavy (non-hydrogen) atoms. The number of carbonyl (C=O) groups excluding carboxylic acids is 1. The minimum absolute atomic E-state index is 0.0255. The Balaban J connectivity index is 2.86. The second-order valence-electron chi connectivity index (χ2n) is 6.35. The van der Waals surface area contributed by atoms with Crippen molar-refractivity contribution in [3.8, 4) is 0 Å². The van der Waals surface area contributed by atoms with Gasteiger partial charge in [-0.25, -0.2) is 0 Å². The van der Waals surface area contributed by atoms with Gasteiger partial charge in [0.15, 0.2) is 0 Å². The van der Waals surface area contributed by atoms with Gasteiger partial charge >= 0.3 is 0 Å². The number of hydrogen-bond donors (Lipinski definition) is 1. The molecule has 1 amide bonds. The van der Waals surface area contributed by atoms with E-state index in [4.69, 9.17) is 0 Å². The highest BCUT2D eigenvalue weighted by atomic mass is 16.2. The fraction of sp³-hybridized carbons (Fsp3) is 0.647. The normalized spacial score (nSPS) is 11.0. The smallest absolute Gasteiger partial charge is 0.272 e.